The van der Waals surface area contributed by atoms with Gasteiger partial charge in [0.05, 0.1) is 6.54 Å². The summed E-state index contributed by atoms with van der Waals surface area (Å²) in [6.07, 6.45) is -3.31. The lowest BCUT2D eigenvalue weighted by Gasteiger charge is -2.19. The maximum absolute atomic E-state index is 12.3. The van der Waals surface area contributed by atoms with E-state index in [9.17, 15) is 13.2 Å². The Morgan fingerprint density at radius 3 is 2.63 bits per heavy atom. The predicted octanol–water partition coefficient (Wildman–Crippen LogP) is 1.44. The molecule has 0 spiro atoms. The van der Waals surface area contributed by atoms with Crippen LogP contribution >= 0.6 is 0 Å². The molecule has 0 saturated carbocycles. The number of likely N-dealkylation sites (tertiary alicyclic amines) is 1. The molecule has 112 valence electrons. The number of hydrogen-bond donors (Lipinski definition) is 2. The first-order valence-electron chi connectivity index (χ1n) is 6.56. The second kappa shape index (κ2) is 6.98. The van der Waals surface area contributed by atoms with Crippen LogP contribution in [0, 0.1) is 5.92 Å². The lowest BCUT2D eigenvalue weighted by Crippen LogP contribution is -2.43. The van der Waals surface area contributed by atoms with Crippen LogP contribution in [-0.4, -0.2) is 56.3 Å². The molecule has 0 bridgehead atoms. The van der Waals surface area contributed by atoms with E-state index < -0.39 is 12.7 Å². The van der Waals surface area contributed by atoms with E-state index in [4.69, 9.17) is 0 Å². The number of alkyl halides is 3. The van der Waals surface area contributed by atoms with E-state index in [-0.39, 0.29) is 12.0 Å². The molecule has 7 heteroatoms. The number of nitrogens with one attached hydrogen (secondary N) is 2. The highest BCUT2D eigenvalue weighted by Crippen LogP contribution is 2.22. The first kappa shape index (κ1) is 16.1. The highest BCUT2D eigenvalue weighted by atomic mass is 19.4. The molecule has 1 heterocycles. The lowest BCUT2D eigenvalue weighted by atomic mass is 10.1. The van der Waals surface area contributed by atoms with Gasteiger partial charge in [0.25, 0.3) is 0 Å². The zero-order valence-electron chi connectivity index (χ0n) is 11.7. The molecule has 1 saturated heterocycles. The van der Waals surface area contributed by atoms with Crippen molar-refractivity contribution in [3.8, 4) is 0 Å². The number of nitrogens with zero attached hydrogens (tertiary/aromatic N) is 2. The molecule has 2 N–H and O–H groups in total. The summed E-state index contributed by atoms with van der Waals surface area (Å²) >= 11 is 0. The minimum absolute atomic E-state index is 0.244. The van der Waals surface area contributed by atoms with Crippen molar-refractivity contribution in [2.24, 2.45) is 10.9 Å². The molecule has 19 heavy (non-hydrogen) atoms. The number of guanidine groups is 1. The van der Waals surface area contributed by atoms with E-state index in [0.29, 0.717) is 25.6 Å². The molecule has 0 amide bonds. The minimum atomic E-state index is -4.10. The fraction of sp³-hybridized carbons (Fsp3) is 0.917. The van der Waals surface area contributed by atoms with E-state index in [2.05, 4.69) is 15.6 Å². The Hall–Kier alpha value is -0.980. The van der Waals surface area contributed by atoms with Crippen LogP contribution in [0.5, 0.6) is 0 Å². The van der Waals surface area contributed by atoms with Gasteiger partial charge in [-0.2, -0.15) is 13.2 Å². The summed E-state index contributed by atoms with van der Waals surface area (Å²) in [5, 5.41) is 6.31. The van der Waals surface area contributed by atoms with Gasteiger partial charge in [-0.15, -0.1) is 0 Å². The second-order valence-electron chi connectivity index (χ2n) is 5.26. The molecule has 1 rings (SSSR count). The SMILES string of the molecule is CN=C(NCC1CCN(CC(F)(F)F)C1)NC(C)C. The summed E-state index contributed by atoms with van der Waals surface area (Å²) in [6, 6.07) is 0.275. The Labute approximate surface area is 112 Å². The third kappa shape index (κ3) is 6.66. The first-order chi connectivity index (χ1) is 8.80. The molecule has 4 nitrogen and oxygen atoms in total. The molecule has 1 unspecified atom stereocenters. The maximum atomic E-state index is 12.3. The van der Waals surface area contributed by atoms with Crippen molar-refractivity contribution in [3.63, 3.8) is 0 Å². The summed E-state index contributed by atoms with van der Waals surface area (Å²) in [4.78, 5) is 5.53. The standard InChI is InChI=1S/C12H23F3N4/c1-9(2)18-11(16-3)17-6-10-4-5-19(7-10)8-12(13,14)15/h9-10H,4-8H2,1-3H3,(H2,16,17,18). The van der Waals surface area contributed by atoms with Crippen LogP contribution in [0.3, 0.4) is 0 Å². The molecule has 0 radical (unpaired) electrons. The predicted molar refractivity (Wildman–Crippen MR) is 70.2 cm³/mol. The van der Waals surface area contributed by atoms with Gasteiger partial charge in [0.1, 0.15) is 0 Å². The van der Waals surface area contributed by atoms with Gasteiger partial charge >= 0.3 is 6.18 Å². The monoisotopic (exact) mass is 280 g/mol. The van der Waals surface area contributed by atoms with E-state index in [1.165, 1.54) is 4.90 Å². The number of hydrogen-bond acceptors (Lipinski definition) is 2. The fourth-order valence-electron chi connectivity index (χ4n) is 2.19. The van der Waals surface area contributed by atoms with Gasteiger partial charge in [0.15, 0.2) is 5.96 Å². The van der Waals surface area contributed by atoms with Gasteiger partial charge in [0, 0.05) is 26.2 Å². The van der Waals surface area contributed by atoms with Crippen LogP contribution in [0.4, 0.5) is 13.2 Å². The molecule has 1 aliphatic rings. The molecular formula is C12H23F3N4. The lowest BCUT2D eigenvalue weighted by molar-refractivity contribution is -0.143. The van der Waals surface area contributed by atoms with Crippen LogP contribution in [0.1, 0.15) is 20.3 Å². The average Bonchev–Trinajstić information content (AvgIpc) is 2.68. The van der Waals surface area contributed by atoms with E-state index >= 15 is 0 Å². The topological polar surface area (TPSA) is 39.7 Å². The number of rotatable bonds is 4. The molecule has 1 fully saturated rings. The zero-order valence-corrected chi connectivity index (χ0v) is 11.7. The summed E-state index contributed by atoms with van der Waals surface area (Å²) < 4.78 is 36.8. The fourth-order valence-corrected chi connectivity index (χ4v) is 2.19. The Morgan fingerprint density at radius 2 is 2.11 bits per heavy atom. The summed E-state index contributed by atoms with van der Waals surface area (Å²) in [5.41, 5.74) is 0. The van der Waals surface area contributed by atoms with Gasteiger partial charge in [0.2, 0.25) is 0 Å². The third-order valence-electron chi connectivity index (χ3n) is 2.98. The normalized spacial score (nSPS) is 22.1. The maximum Gasteiger partial charge on any atom is 0.401 e. The molecule has 1 aliphatic heterocycles. The van der Waals surface area contributed by atoms with Crippen molar-refractivity contribution in [2.75, 3.05) is 33.2 Å². The highest BCUT2D eigenvalue weighted by Gasteiger charge is 2.34. The van der Waals surface area contributed by atoms with Crippen molar-refractivity contribution < 1.29 is 13.2 Å². The van der Waals surface area contributed by atoms with Gasteiger partial charge < -0.3 is 10.6 Å². The van der Waals surface area contributed by atoms with E-state index in [1.54, 1.807) is 7.05 Å². The summed E-state index contributed by atoms with van der Waals surface area (Å²) in [7, 11) is 1.68. The van der Waals surface area contributed by atoms with Crippen molar-refractivity contribution >= 4 is 5.96 Å². The summed E-state index contributed by atoms with van der Waals surface area (Å²) in [6.45, 7) is 4.87. The molecule has 0 aromatic heterocycles. The largest absolute Gasteiger partial charge is 0.401 e. The minimum Gasteiger partial charge on any atom is -0.356 e. The van der Waals surface area contributed by atoms with Crippen LogP contribution in [-0.2, 0) is 0 Å². The quantitative estimate of drug-likeness (QED) is 0.605. The number of halogens is 3. The molecular weight excluding hydrogens is 257 g/mol. The Morgan fingerprint density at radius 1 is 1.42 bits per heavy atom. The van der Waals surface area contributed by atoms with Crippen molar-refractivity contribution in [1.29, 1.82) is 0 Å². The van der Waals surface area contributed by atoms with Gasteiger partial charge in [-0.1, -0.05) is 0 Å². The van der Waals surface area contributed by atoms with Crippen LogP contribution in [0.15, 0.2) is 4.99 Å². The Kier molecular flexibility index (Phi) is 5.90. The third-order valence-corrected chi connectivity index (χ3v) is 2.98. The summed E-state index contributed by atoms with van der Waals surface area (Å²) in [5.74, 6) is 0.942. The molecule has 1 atom stereocenters. The number of aliphatic imine (C=N–C) groups is 1. The van der Waals surface area contributed by atoms with Gasteiger partial charge in [-0.25, -0.2) is 0 Å². The second-order valence-corrected chi connectivity index (χ2v) is 5.26. The Bertz CT molecular complexity index is 302. The van der Waals surface area contributed by atoms with Crippen LogP contribution in [0.25, 0.3) is 0 Å². The van der Waals surface area contributed by atoms with Crippen LogP contribution in [0.2, 0.25) is 0 Å². The smallest absolute Gasteiger partial charge is 0.356 e. The Balaban J connectivity index is 2.28. The zero-order chi connectivity index (χ0) is 14.5. The van der Waals surface area contributed by atoms with E-state index in [1.807, 2.05) is 13.8 Å². The van der Waals surface area contributed by atoms with Gasteiger partial charge in [-0.3, -0.25) is 9.89 Å². The first-order valence-corrected chi connectivity index (χ1v) is 6.56. The van der Waals surface area contributed by atoms with E-state index in [0.717, 1.165) is 6.42 Å². The molecule has 0 aromatic carbocycles. The average molecular weight is 280 g/mol. The van der Waals surface area contributed by atoms with Crippen LogP contribution < -0.4 is 10.6 Å². The van der Waals surface area contributed by atoms with Crippen molar-refractivity contribution in [3.05, 3.63) is 0 Å². The molecule has 0 aliphatic carbocycles. The van der Waals surface area contributed by atoms with Gasteiger partial charge in [-0.05, 0) is 32.7 Å². The highest BCUT2D eigenvalue weighted by molar-refractivity contribution is 5.79. The van der Waals surface area contributed by atoms with Crippen molar-refractivity contribution in [1.82, 2.24) is 15.5 Å². The van der Waals surface area contributed by atoms with Crippen molar-refractivity contribution in [2.45, 2.75) is 32.5 Å². The molecule has 0 aromatic rings.